The highest BCUT2D eigenvalue weighted by Gasteiger charge is 2.22. The molecular weight excluding hydrogens is 328 g/mol. The number of aromatic nitrogens is 3. The van der Waals surface area contributed by atoms with Crippen molar-refractivity contribution in [3.8, 4) is 0 Å². The summed E-state index contributed by atoms with van der Waals surface area (Å²) in [5.74, 6) is 3.04. The first-order valence-corrected chi connectivity index (χ1v) is 10.2. The molecule has 2 rings (SSSR count). The van der Waals surface area contributed by atoms with Crippen LogP contribution in [0, 0.1) is 11.8 Å². The number of hydrogen-bond acceptors (Lipinski definition) is 5. The summed E-state index contributed by atoms with van der Waals surface area (Å²) < 4.78 is 1.93. The van der Waals surface area contributed by atoms with Crippen molar-refractivity contribution in [1.29, 1.82) is 0 Å². The van der Waals surface area contributed by atoms with Gasteiger partial charge in [-0.2, -0.15) is 0 Å². The van der Waals surface area contributed by atoms with Crippen molar-refractivity contribution in [2.75, 3.05) is 19.6 Å². The molecule has 2 N–H and O–H groups in total. The van der Waals surface area contributed by atoms with Crippen molar-refractivity contribution in [3.63, 3.8) is 0 Å². The van der Waals surface area contributed by atoms with Gasteiger partial charge in [0, 0.05) is 13.5 Å². The minimum absolute atomic E-state index is 0.0457. The van der Waals surface area contributed by atoms with E-state index in [1.807, 2.05) is 25.5 Å². The summed E-state index contributed by atoms with van der Waals surface area (Å²) >= 11 is 0. The van der Waals surface area contributed by atoms with Gasteiger partial charge in [0.2, 0.25) is 0 Å². The molecule has 150 valence electrons. The van der Waals surface area contributed by atoms with Gasteiger partial charge in [-0.05, 0) is 71.0 Å². The van der Waals surface area contributed by atoms with Crippen LogP contribution >= 0.6 is 0 Å². The van der Waals surface area contributed by atoms with Crippen molar-refractivity contribution < 1.29 is 10.2 Å². The molecule has 0 saturated carbocycles. The smallest absolute Gasteiger partial charge is 0.158 e. The molecule has 0 aliphatic carbocycles. The van der Waals surface area contributed by atoms with Crippen LogP contribution in [0.4, 0.5) is 0 Å². The zero-order valence-corrected chi connectivity index (χ0v) is 17.1. The first-order valence-electron chi connectivity index (χ1n) is 10.2. The van der Waals surface area contributed by atoms with Gasteiger partial charge in [-0.25, -0.2) is 0 Å². The first kappa shape index (κ1) is 21.3. The summed E-state index contributed by atoms with van der Waals surface area (Å²) in [6, 6.07) is 0. The largest absolute Gasteiger partial charge is 0.390 e. The molecule has 0 bridgehead atoms. The molecule has 0 radical (unpaired) electrons. The fourth-order valence-electron chi connectivity index (χ4n) is 3.82. The second kappa shape index (κ2) is 9.81. The Morgan fingerprint density at radius 1 is 1.15 bits per heavy atom. The number of piperidine rings is 1. The Labute approximate surface area is 158 Å². The van der Waals surface area contributed by atoms with Gasteiger partial charge in [0.25, 0.3) is 0 Å². The molecule has 1 aromatic heterocycles. The average Bonchev–Trinajstić information content (AvgIpc) is 2.93. The van der Waals surface area contributed by atoms with Gasteiger partial charge in [-0.3, -0.25) is 0 Å². The third kappa shape index (κ3) is 6.97. The van der Waals surface area contributed by atoms with Crippen molar-refractivity contribution in [2.45, 2.75) is 77.9 Å². The monoisotopic (exact) mass is 366 g/mol. The molecule has 6 nitrogen and oxygen atoms in total. The Balaban J connectivity index is 1.63. The lowest BCUT2D eigenvalue weighted by atomic mass is 9.92. The molecule has 1 atom stereocenters. The second-order valence-electron chi connectivity index (χ2n) is 8.84. The molecule has 1 aliphatic rings. The molecule has 0 spiro atoms. The second-order valence-corrected chi connectivity index (χ2v) is 8.84. The van der Waals surface area contributed by atoms with Crippen LogP contribution in [0.15, 0.2) is 0 Å². The summed E-state index contributed by atoms with van der Waals surface area (Å²) in [6.07, 6.45) is 7.86. The maximum atomic E-state index is 9.80. The minimum atomic E-state index is -0.526. The predicted molar refractivity (Wildman–Crippen MR) is 104 cm³/mol. The lowest BCUT2D eigenvalue weighted by Crippen LogP contribution is -2.35. The molecule has 26 heavy (non-hydrogen) atoms. The van der Waals surface area contributed by atoms with Crippen LogP contribution in [-0.2, 0) is 20.1 Å². The van der Waals surface area contributed by atoms with Crippen LogP contribution in [0.3, 0.4) is 0 Å². The van der Waals surface area contributed by atoms with Crippen molar-refractivity contribution in [1.82, 2.24) is 19.7 Å². The summed E-state index contributed by atoms with van der Waals surface area (Å²) in [7, 11) is 1.94. The van der Waals surface area contributed by atoms with Gasteiger partial charge in [0.1, 0.15) is 12.4 Å². The van der Waals surface area contributed by atoms with Gasteiger partial charge < -0.3 is 19.7 Å². The normalized spacial score (nSPS) is 18.4. The number of nitrogens with zero attached hydrogens (tertiary/aromatic N) is 4. The number of aliphatic hydroxyl groups excluding tert-OH is 1. The van der Waals surface area contributed by atoms with E-state index in [2.05, 4.69) is 22.0 Å². The summed E-state index contributed by atoms with van der Waals surface area (Å²) in [5, 5.41) is 27.3. The lowest BCUT2D eigenvalue weighted by Gasteiger charge is -2.32. The summed E-state index contributed by atoms with van der Waals surface area (Å²) in [4.78, 5) is 2.60. The van der Waals surface area contributed by atoms with Crippen molar-refractivity contribution in [3.05, 3.63) is 11.6 Å². The Morgan fingerprint density at radius 3 is 2.38 bits per heavy atom. The number of hydrogen-bond donors (Lipinski definition) is 2. The number of aliphatic hydroxyl groups is 2. The van der Waals surface area contributed by atoms with E-state index in [-0.39, 0.29) is 6.61 Å². The standard InChI is InChI=1S/C20H38N4O2/c1-16(6-5-10-20(2,3)26)7-11-24-12-8-17(9-13-24)14-18-21-22-19(15-25)23(18)4/h16-17,25-26H,5-15H2,1-4H3/t16-/m0/s1. The van der Waals surface area contributed by atoms with E-state index in [4.69, 9.17) is 0 Å². The lowest BCUT2D eigenvalue weighted by molar-refractivity contribution is 0.0666. The van der Waals surface area contributed by atoms with Gasteiger partial charge in [-0.15, -0.1) is 10.2 Å². The number of rotatable bonds is 10. The molecule has 1 aromatic rings. The van der Waals surface area contributed by atoms with Crippen LogP contribution in [0.1, 0.15) is 70.9 Å². The molecule has 1 fully saturated rings. The van der Waals surface area contributed by atoms with Gasteiger partial charge in [0.05, 0.1) is 5.60 Å². The molecule has 2 heterocycles. The topological polar surface area (TPSA) is 74.4 Å². The Morgan fingerprint density at radius 2 is 1.81 bits per heavy atom. The van der Waals surface area contributed by atoms with Crippen LogP contribution in [0.5, 0.6) is 0 Å². The molecule has 0 unspecified atom stereocenters. The maximum Gasteiger partial charge on any atom is 0.158 e. The van der Waals surface area contributed by atoms with E-state index in [9.17, 15) is 10.2 Å². The first-order chi connectivity index (χ1) is 12.3. The van der Waals surface area contributed by atoms with Gasteiger partial charge >= 0.3 is 0 Å². The van der Waals surface area contributed by atoms with Crippen LogP contribution in [0.2, 0.25) is 0 Å². The third-order valence-electron chi connectivity index (χ3n) is 5.80. The zero-order chi connectivity index (χ0) is 19.2. The quantitative estimate of drug-likeness (QED) is 0.666. The van der Waals surface area contributed by atoms with E-state index in [1.54, 1.807) is 0 Å². The minimum Gasteiger partial charge on any atom is -0.390 e. The number of likely N-dealkylation sites (tertiary alicyclic amines) is 1. The molecule has 6 heteroatoms. The van der Waals surface area contributed by atoms with Crippen molar-refractivity contribution >= 4 is 0 Å². The molecule has 0 amide bonds. The van der Waals surface area contributed by atoms with E-state index in [1.165, 1.54) is 45.3 Å². The zero-order valence-electron chi connectivity index (χ0n) is 17.1. The fraction of sp³-hybridized carbons (Fsp3) is 0.900. The molecular formula is C20H38N4O2. The van der Waals surface area contributed by atoms with Gasteiger partial charge in [0.15, 0.2) is 5.82 Å². The van der Waals surface area contributed by atoms with Crippen molar-refractivity contribution in [2.24, 2.45) is 18.9 Å². The molecule has 1 saturated heterocycles. The SMILES string of the molecule is C[C@@H](CCCC(C)(C)O)CCN1CCC(Cc2nnc(CO)n2C)CC1. The molecule has 1 aliphatic heterocycles. The fourth-order valence-corrected chi connectivity index (χ4v) is 3.82. The maximum absolute atomic E-state index is 9.80. The van der Waals surface area contributed by atoms with Crippen LogP contribution in [0.25, 0.3) is 0 Å². The van der Waals surface area contributed by atoms with E-state index < -0.39 is 5.60 Å². The van der Waals surface area contributed by atoms with E-state index >= 15 is 0 Å². The highest BCUT2D eigenvalue weighted by molar-refractivity contribution is 4.95. The van der Waals surface area contributed by atoms with Gasteiger partial charge in [-0.1, -0.05) is 19.8 Å². The molecule has 0 aromatic carbocycles. The Bertz CT molecular complexity index is 530. The van der Waals surface area contributed by atoms with E-state index in [0.717, 1.165) is 31.0 Å². The Hall–Kier alpha value is -0.980. The predicted octanol–water partition coefficient (Wildman–Crippen LogP) is 2.53. The summed E-state index contributed by atoms with van der Waals surface area (Å²) in [5.41, 5.74) is -0.526. The van der Waals surface area contributed by atoms with Crippen LogP contribution < -0.4 is 0 Å². The summed E-state index contributed by atoms with van der Waals surface area (Å²) in [6.45, 7) is 9.62. The van der Waals surface area contributed by atoms with Crippen LogP contribution in [-0.4, -0.2) is 55.1 Å². The third-order valence-corrected chi connectivity index (χ3v) is 5.80. The average molecular weight is 367 g/mol. The Kier molecular flexibility index (Phi) is 8.05. The highest BCUT2D eigenvalue weighted by atomic mass is 16.3. The van der Waals surface area contributed by atoms with E-state index in [0.29, 0.717) is 11.7 Å². The highest BCUT2D eigenvalue weighted by Crippen LogP contribution is 2.23.